The summed E-state index contributed by atoms with van der Waals surface area (Å²) >= 11 is 1.51. The quantitative estimate of drug-likeness (QED) is 0.668. The maximum atomic E-state index is 5.37. The van der Waals surface area contributed by atoms with Gasteiger partial charge in [0.15, 0.2) is 16.7 Å². The minimum Gasteiger partial charge on any atom is -0.461 e. The van der Waals surface area contributed by atoms with Crippen molar-refractivity contribution >= 4 is 11.8 Å². The Labute approximate surface area is 119 Å². The van der Waals surface area contributed by atoms with Gasteiger partial charge in [0.25, 0.3) is 0 Å². The van der Waals surface area contributed by atoms with Crippen molar-refractivity contribution in [3.63, 3.8) is 0 Å². The maximum absolute atomic E-state index is 5.37. The molecule has 3 aromatic rings. The molecule has 0 saturated carbocycles. The minimum absolute atomic E-state index is 0.564. The molecule has 0 aromatic carbocycles. The van der Waals surface area contributed by atoms with Crippen molar-refractivity contribution in [2.75, 3.05) is 0 Å². The number of rotatable bonds is 5. The van der Waals surface area contributed by atoms with Crippen LogP contribution >= 0.6 is 11.8 Å². The molecule has 0 radical (unpaired) electrons. The van der Waals surface area contributed by atoms with Crippen LogP contribution in [0.1, 0.15) is 18.7 Å². The van der Waals surface area contributed by atoms with Gasteiger partial charge in [0.05, 0.1) is 12.0 Å². The van der Waals surface area contributed by atoms with Crippen LogP contribution < -0.4 is 0 Å². The van der Waals surface area contributed by atoms with E-state index in [4.69, 9.17) is 8.83 Å². The lowest BCUT2D eigenvalue weighted by atomic mass is 10.4. The van der Waals surface area contributed by atoms with E-state index in [-0.39, 0.29) is 0 Å². The van der Waals surface area contributed by atoms with Crippen molar-refractivity contribution in [1.82, 2.24) is 25.0 Å². The van der Waals surface area contributed by atoms with Crippen LogP contribution in [0.5, 0.6) is 0 Å². The standard InChI is InChI=1S/C12H13N5O2S/c1-3-17-11(9-5-4-6-18-9)15-16-12(17)20-7-10-14-13-8(2)19-10/h4-6H,3,7H2,1-2H3. The molecule has 0 aliphatic heterocycles. The average Bonchev–Trinajstić information content (AvgIpc) is 3.16. The maximum Gasteiger partial charge on any atom is 0.226 e. The van der Waals surface area contributed by atoms with Crippen molar-refractivity contribution in [3.8, 4) is 11.6 Å². The molecule has 20 heavy (non-hydrogen) atoms. The third-order valence-corrected chi connectivity index (χ3v) is 3.62. The molecule has 7 nitrogen and oxygen atoms in total. The molecule has 3 heterocycles. The van der Waals surface area contributed by atoms with Gasteiger partial charge in [0.1, 0.15) is 0 Å². The first-order chi connectivity index (χ1) is 9.78. The number of thioether (sulfide) groups is 1. The fourth-order valence-electron chi connectivity index (χ4n) is 1.79. The average molecular weight is 291 g/mol. The van der Waals surface area contributed by atoms with Crippen LogP contribution in [0.4, 0.5) is 0 Å². The second-order valence-corrected chi connectivity index (χ2v) is 4.97. The molecule has 3 aromatic heterocycles. The van der Waals surface area contributed by atoms with Crippen LogP contribution in [0.2, 0.25) is 0 Å². The lowest BCUT2D eigenvalue weighted by Crippen LogP contribution is -1.99. The van der Waals surface area contributed by atoms with Crippen LogP contribution in [0.3, 0.4) is 0 Å². The lowest BCUT2D eigenvalue weighted by Gasteiger charge is -2.04. The molecular formula is C12H13N5O2S. The first-order valence-corrected chi connectivity index (χ1v) is 7.15. The highest BCUT2D eigenvalue weighted by Gasteiger charge is 2.16. The lowest BCUT2D eigenvalue weighted by molar-refractivity contribution is 0.485. The Morgan fingerprint density at radius 3 is 2.80 bits per heavy atom. The van der Waals surface area contributed by atoms with E-state index < -0.39 is 0 Å². The predicted octanol–water partition coefficient (Wildman–Crippen LogP) is 2.54. The van der Waals surface area contributed by atoms with E-state index in [1.807, 2.05) is 23.6 Å². The summed E-state index contributed by atoms with van der Waals surface area (Å²) in [6, 6.07) is 3.70. The molecule has 104 valence electrons. The third kappa shape index (κ3) is 2.46. The second-order valence-electron chi connectivity index (χ2n) is 4.03. The molecule has 0 unspecified atom stereocenters. The van der Waals surface area contributed by atoms with Crippen molar-refractivity contribution in [3.05, 3.63) is 30.2 Å². The number of nitrogens with zero attached hydrogens (tertiary/aromatic N) is 5. The molecule has 0 spiro atoms. The van der Waals surface area contributed by atoms with Crippen molar-refractivity contribution in [2.24, 2.45) is 0 Å². The Morgan fingerprint density at radius 2 is 2.15 bits per heavy atom. The van der Waals surface area contributed by atoms with Gasteiger partial charge in [0, 0.05) is 13.5 Å². The first-order valence-electron chi connectivity index (χ1n) is 6.16. The highest BCUT2D eigenvalue weighted by Crippen LogP contribution is 2.26. The van der Waals surface area contributed by atoms with Gasteiger partial charge in [-0.2, -0.15) is 0 Å². The van der Waals surface area contributed by atoms with E-state index in [2.05, 4.69) is 20.4 Å². The summed E-state index contributed by atoms with van der Waals surface area (Å²) in [6.45, 7) is 4.57. The zero-order chi connectivity index (χ0) is 13.9. The summed E-state index contributed by atoms with van der Waals surface area (Å²) in [5, 5.41) is 16.9. The van der Waals surface area contributed by atoms with E-state index in [1.54, 1.807) is 13.2 Å². The van der Waals surface area contributed by atoms with Crippen LogP contribution in [0.15, 0.2) is 32.4 Å². The van der Waals surface area contributed by atoms with Crippen LogP contribution in [-0.2, 0) is 12.3 Å². The molecule has 0 atom stereocenters. The normalized spacial score (nSPS) is 11.1. The molecule has 0 aliphatic carbocycles. The van der Waals surface area contributed by atoms with Gasteiger partial charge in [-0.25, -0.2) is 0 Å². The number of furan rings is 1. The number of hydrogen-bond acceptors (Lipinski definition) is 7. The van der Waals surface area contributed by atoms with E-state index in [0.717, 1.165) is 17.5 Å². The molecule has 0 amide bonds. The van der Waals surface area contributed by atoms with Gasteiger partial charge < -0.3 is 8.83 Å². The first kappa shape index (κ1) is 12.9. The summed E-state index contributed by atoms with van der Waals surface area (Å²) < 4.78 is 12.7. The summed E-state index contributed by atoms with van der Waals surface area (Å²) in [5.74, 6) is 3.14. The second kappa shape index (κ2) is 5.49. The Kier molecular flexibility index (Phi) is 3.55. The van der Waals surface area contributed by atoms with Crippen LogP contribution in [-0.4, -0.2) is 25.0 Å². The highest BCUT2D eigenvalue weighted by molar-refractivity contribution is 7.98. The van der Waals surface area contributed by atoms with Gasteiger partial charge in [0.2, 0.25) is 11.8 Å². The number of hydrogen-bond donors (Lipinski definition) is 0. The molecule has 0 N–H and O–H groups in total. The van der Waals surface area contributed by atoms with Crippen molar-refractivity contribution < 1.29 is 8.83 Å². The minimum atomic E-state index is 0.564. The Balaban J connectivity index is 1.80. The van der Waals surface area contributed by atoms with E-state index in [0.29, 0.717) is 23.3 Å². The molecule has 0 saturated heterocycles. The van der Waals surface area contributed by atoms with Crippen LogP contribution in [0, 0.1) is 6.92 Å². The number of aromatic nitrogens is 5. The Morgan fingerprint density at radius 1 is 1.25 bits per heavy atom. The zero-order valence-corrected chi connectivity index (χ0v) is 11.9. The fourth-order valence-corrected chi connectivity index (χ4v) is 2.63. The third-order valence-electron chi connectivity index (χ3n) is 2.67. The Bertz CT molecular complexity index is 689. The molecular weight excluding hydrogens is 278 g/mol. The summed E-state index contributed by atoms with van der Waals surface area (Å²) in [6.07, 6.45) is 1.62. The summed E-state index contributed by atoms with van der Waals surface area (Å²) in [4.78, 5) is 0. The summed E-state index contributed by atoms with van der Waals surface area (Å²) in [5.41, 5.74) is 0. The topological polar surface area (TPSA) is 82.8 Å². The Hall–Kier alpha value is -2.09. The molecule has 0 aliphatic rings. The van der Waals surface area contributed by atoms with E-state index in [9.17, 15) is 0 Å². The predicted molar refractivity (Wildman–Crippen MR) is 72.0 cm³/mol. The fraction of sp³-hybridized carbons (Fsp3) is 0.333. The number of aryl methyl sites for hydroxylation is 1. The molecule has 3 rings (SSSR count). The van der Waals surface area contributed by atoms with Gasteiger partial charge in [-0.15, -0.1) is 20.4 Å². The zero-order valence-electron chi connectivity index (χ0n) is 11.1. The van der Waals surface area contributed by atoms with Gasteiger partial charge >= 0.3 is 0 Å². The van der Waals surface area contributed by atoms with E-state index >= 15 is 0 Å². The highest BCUT2D eigenvalue weighted by atomic mass is 32.2. The van der Waals surface area contributed by atoms with Gasteiger partial charge in [-0.05, 0) is 19.1 Å². The largest absolute Gasteiger partial charge is 0.461 e. The van der Waals surface area contributed by atoms with E-state index in [1.165, 1.54) is 11.8 Å². The smallest absolute Gasteiger partial charge is 0.226 e. The van der Waals surface area contributed by atoms with Gasteiger partial charge in [-0.3, -0.25) is 4.57 Å². The molecule has 0 fully saturated rings. The molecule has 8 heteroatoms. The molecule has 0 bridgehead atoms. The van der Waals surface area contributed by atoms with Gasteiger partial charge in [-0.1, -0.05) is 11.8 Å². The van der Waals surface area contributed by atoms with Crippen molar-refractivity contribution in [1.29, 1.82) is 0 Å². The monoisotopic (exact) mass is 291 g/mol. The SMILES string of the molecule is CCn1c(SCc2nnc(C)o2)nnc1-c1ccco1. The summed E-state index contributed by atoms with van der Waals surface area (Å²) in [7, 11) is 0. The van der Waals surface area contributed by atoms with Crippen molar-refractivity contribution in [2.45, 2.75) is 31.3 Å². The van der Waals surface area contributed by atoms with Crippen LogP contribution in [0.25, 0.3) is 11.6 Å².